The number of anilines is 1. The van der Waals surface area contributed by atoms with E-state index in [4.69, 9.17) is 16.3 Å². The summed E-state index contributed by atoms with van der Waals surface area (Å²) >= 11 is 10.3. The van der Waals surface area contributed by atoms with E-state index in [1.807, 2.05) is 0 Å². The summed E-state index contributed by atoms with van der Waals surface area (Å²) < 4.78 is 32.7. The van der Waals surface area contributed by atoms with Crippen molar-refractivity contribution in [3.05, 3.63) is 39.1 Å². The quantitative estimate of drug-likeness (QED) is 0.870. The third-order valence-corrected chi connectivity index (χ3v) is 6.04. The molecule has 0 aliphatic heterocycles. The van der Waals surface area contributed by atoms with E-state index < -0.39 is 10.0 Å². The summed E-state index contributed by atoms with van der Waals surface area (Å²) in [5.41, 5.74) is 0.283. The first-order valence-electron chi connectivity index (χ1n) is 5.04. The largest absolute Gasteiger partial charge is 0.497 e. The van der Waals surface area contributed by atoms with Crippen LogP contribution in [0, 0.1) is 0 Å². The van der Waals surface area contributed by atoms with Gasteiger partial charge in [-0.2, -0.15) is 0 Å². The molecule has 2 aromatic rings. The summed E-state index contributed by atoms with van der Waals surface area (Å²) in [6, 6.07) is 7.95. The number of hydrogen-bond donors (Lipinski definition) is 1. The fourth-order valence-corrected chi connectivity index (χ4v) is 4.65. The van der Waals surface area contributed by atoms with E-state index in [1.54, 1.807) is 18.2 Å². The van der Waals surface area contributed by atoms with Crippen LogP contribution in [0.3, 0.4) is 0 Å². The van der Waals surface area contributed by atoms with Gasteiger partial charge >= 0.3 is 0 Å². The molecule has 0 atom stereocenters. The van der Waals surface area contributed by atoms with E-state index in [0.717, 1.165) is 15.1 Å². The highest BCUT2D eigenvalue weighted by molar-refractivity contribution is 9.11. The number of ether oxygens (including phenoxy) is 1. The Labute approximate surface area is 128 Å². The molecular weight excluding hydrogens is 374 g/mol. The number of rotatable bonds is 4. The molecule has 4 nitrogen and oxygen atoms in total. The third kappa shape index (κ3) is 3.42. The van der Waals surface area contributed by atoms with E-state index >= 15 is 0 Å². The molecule has 0 saturated carbocycles. The molecule has 0 radical (unpaired) electrons. The zero-order chi connectivity index (χ0) is 14.0. The van der Waals surface area contributed by atoms with Crippen LogP contribution in [0.15, 0.2) is 38.3 Å². The van der Waals surface area contributed by atoms with Gasteiger partial charge in [0.1, 0.15) is 9.96 Å². The van der Waals surface area contributed by atoms with E-state index in [0.29, 0.717) is 10.8 Å². The van der Waals surface area contributed by atoms with Crippen molar-refractivity contribution in [3.63, 3.8) is 0 Å². The number of halogens is 2. The highest BCUT2D eigenvalue weighted by Crippen LogP contribution is 2.31. The lowest BCUT2D eigenvalue weighted by Crippen LogP contribution is -2.11. The standard InChI is InChI=1S/C11H9BrClNO3S2/c1-17-7-2-3-8(13)9(6-7)14-19(15,16)11-5-4-10(12)18-11/h2-6,14H,1H3. The van der Waals surface area contributed by atoms with Crippen LogP contribution >= 0.6 is 38.9 Å². The molecule has 0 fully saturated rings. The minimum Gasteiger partial charge on any atom is -0.497 e. The van der Waals surface area contributed by atoms with Crippen LogP contribution < -0.4 is 9.46 Å². The molecule has 0 aliphatic carbocycles. The summed E-state index contributed by atoms with van der Waals surface area (Å²) in [4.78, 5) is 0. The molecule has 102 valence electrons. The minimum absolute atomic E-state index is 0.207. The Kier molecular flexibility index (Phi) is 4.39. The average molecular weight is 383 g/mol. The number of methoxy groups -OCH3 is 1. The molecule has 1 heterocycles. The lowest BCUT2D eigenvalue weighted by atomic mass is 10.3. The first kappa shape index (κ1) is 14.6. The fraction of sp³-hybridized carbons (Fsp3) is 0.0909. The van der Waals surface area contributed by atoms with Crippen molar-refractivity contribution in [2.45, 2.75) is 4.21 Å². The van der Waals surface area contributed by atoms with Crippen LogP contribution in [0.25, 0.3) is 0 Å². The molecule has 0 aliphatic rings. The minimum atomic E-state index is -3.64. The summed E-state index contributed by atoms with van der Waals surface area (Å²) in [5, 5.41) is 0.306. The van der Waals surface area contributed by atoms with Crippen LogP contribution in [-0.4, -0.2) is 15.5 Å². The Hall–Kier alpha value is -0.760. The van der Waals surface area contributed by atoms with Gasteiger partial charge in [-0.05, 0) is 40.2 Å². The second-order valence-corrected chi connectivity index (χ2v) is 8.29. The van der Waals surface area contributed by atoms with Gasteiger partial charge in [0.05, 0.1) is 21.6 Å². The molecule has 2 rings (SSSR count). The molecule has 0 unspecified atom stereocenters. The third-order valence-electron chi connectivity index (χ3n) is 2.23. The van der Waals surface area contributed by atoms with E-state index in [9.17, 15) is 8.42 Å². The Morgan fingerprint density at radius 3 is 2.63 bits per heavy atom. The van der Waals surface area contributed by atoms with Gasteiger partial charge in [0.25, 0.3) is 10.0 Å². The maximum Gasteiger partial charge on any atom is 0.271 e. The Bertz CT molecular complexity index is 700. The topological polar surface area (TPSA) is 55.4 Å². The van der Waals surface area contributed by atoms with Crippen molar-refractivity contribution in [1.29, 1.82) is 0 Å². The molecule has 1 aromatic carbocycles. The SMILES string of the molecule is COc1ccc(Cl)c(NS(=O)(=O)c2ccc(Br)s2)c1. The van der Waals surface area contributed by atoms with Gasteiger partial charge in [-0.25, -0.2) is 8.42 Å². The van der Waals surface area contributed by atoms with Crippen molar-refractivity contribution in [2.24, 2.45) is 0 Å². The van der Waals surface area contributed by atoms with Crippen molar-refractivity contribution in [3.8, 4) is 5.75 Å². The summed E-state index contributed by atoms with van der Waals surface area (Å²) in [6.07, 6.45) is 0. The predicted molar refractivity (Wildman–Crippen MR) is 80.8 cm³/mol. The van der Waals surface area contributed by atoms with Crippen LogP contribution in [-0.2, 0) is 10.0 Å². The van der Waals surface area contributed by atoms with E-state index in [-0.39, 0.29) is 9.90 Å². The highest BCUT2D eigenvalue weighted by Gasteiger charge is 2.18. The lowest BCUT2D eigenvalue weighted by molar-refractivity contribution is 0.415. The van der Waals surface area contributed by atoms with Gasteiger partial charge in [0.15, 0.2) is 0 Å². The molecule has 19 heavy (non-hydrogen) atoms. The Morgan fingerprint density at radius 1 is 1.32 bits per heavy atom. The van der Waals surface area contributed by atoms with Crippen molar-refractivity contribution in [2.75, 3.05) is 11.8 Å². The van der Waals surface area contributed by atoms with Crippen molar-refractivity contribution >= 4 is 54.6 Å². The fourth-order valence-electron chi connectivity index (χ4n) is 1.35. The normalized spacial score (nSPS) is 11.3. The second kappa shape index (κ2) is 5.70. The van der Waals surface area contributed by atoms with Gasteiger partial charge in [0.2, 0.25) is 0 Å². The Morgan fingerprint density at radius 2 is 2.05 bits per heavy atom. The first-order chi connectivity index (χ1) is 8.92. The summed E-state index contributed by atoms with van der Waals surface area (Å²) in [5.74, 6) is 0.523. The zero-order valence-corrected chi connectivity index (χ0v) is 13.7. The maximum absolute atomic E-state index is 12.1. The van der Waals surface area contributed by atoms with E-state index in [2.05, 4.69) is 20.7 Å². The average Bonchev–Trinajstić information content (AvgIpc) is 2.79. The Balaban J connectivity index is 2.35. The molecular formula is C11H9BrClNO3S2. The van der Waals surface area contributed by atoms with Gasteiger partial charge in [-0.15, -0.1) is 11.3 Å². The van der Waals surface area contributed by atoms with E-state index in [1.165, 1.54) is 19.2 Å². The molecule has 0 amide bonds. The number of nitrogens with one attached hydrogen (secondary N) is 1. The van der Waals surface area contributed by atoms with Crippen LogP contribution in [0.4, 0.5) is 5.69 Å². The first-order valence-corrected chi connectivity index (χ1v) is 8.51. The van der Waals surface area contributed by atoms with Crippen LogP contribution in [0.1, 0.15) is 0 Å². The summed E-state index contributed by atoms with van der Waals surface area (Å²) in [7, 11) is -2.14. The monoisotopic (exact) mass is 381 g/mol. The highest BCUT2D eigenvalue weighted by atomic mass is 79.9. The molecule has 1 aromatic heterocycles. The number of thiophene rings is 1. The number of sulfonamides is 1. The lowest BCUT2D eigenvalue weighted by Gasteiger charge is -2.09. The summed E-state index contributed by atoms with van der Waals surface area (Å²) in [6.45, 7) is 0. The molecule has 0 spiro atoms. The van der Waals surface area contributed by atoms with Gasteiger partial charge < -0.3 is 4.74 Å². The molecule has 8 heteroatoms. The smallest absolute Gasteiger partial charge is 0.271 e. The van der Waals surface area contributed by atoms with Gasteiger partial charge in [0, 0.05) is 6.07 Å². The number of hydrogen-bond acceptors (Lipinski definition) is 4. The maximum atomic E-state index is 12.1. The molecule has 1 N–H and O–H groups in total. The van der Waals surface area contributed by atoms with Crippen LogP contribution in [0.2, 0.25) is 5.02 Å². The predicted octanol–water partition coefficient (Wildman–Crippen LogP) is 3.97. The van der Waals surface area contributed by atoms with Gasteiger partial charge in [-0.3, -0.25) is 4.72 Å². The second-order valence-electron chi connectivity index (χ2n) is 3.51. The van der Waals surface area contributed by atoms with Crippen molar-refractivity contribution in [1.82, 2.24) is 0 Å². The molecule has 0 bridgehead atoms. The number of benzene rings is 1. The van der Waals surface area contributed by atoms with Crippen LogP contribution in [0.5, 0.6) is 5.75 Å². The van der Waals surface area contributed by atoms with Crippen molar-refractivity contribution < 1.29 is 13.2 Å². The molecule has 0 saturated heterocycles. The van der Waals surface area contributed by atoms with Gasteiger partial charge in [-0.1, -0.05) is 11.6 Å². The zero-order valence-electron chi connectivity index (χ0n) is 9.68.